The van der Waals surface area contributed by atoms with Crippen molar-refractivity contribution in [3.05, 3.63) is 41.5 Å². The van der Waals surface area contributed by atoms with Gasteiger partial charge in [-0.2, -0.15) is 0 Å². The van der Waals surface area contributed by atoms with E-state index in [1.54, 1.807) is 23.9 Å². The fraction of sp³-hybridized carbons (Fsp3) is 0.250. The van der Waals surface area contributed by atoms with Gasteiger partial charge in [-0.25, -0.2) is 8.78 Å². The van der Waals surface area contributed by atoms with Gasteiger partial charge < -0.3 is 0 Å². The third-order valence-corrected chi connectivity index (χ3v) is 3.24. The summed E-state index contributed by atoms with van der Waals surface area (Å²) in [5.74, 6) is -0.567. The summed E-state index contributed by atoms with van der Waals surface area (Å²) in [4.78, 5) is 4.31. The fourth-order valence-corrected chi connectivity index (χ4v) is 2.19. The van der Waals surface area contributed by atoms with Gasteiger partial charge in [-0.3, -0.25) is 4.99 Å². The molecule has 0 radical (unpaired) electrons. The Morgan fingerprint density at radius 1 is 1.19 bits per heavy atom. The normalized spacial score (nSPS) is 16.5. The van der Waals surface area contributed by atoms with Gasteiger partial charge in [0.1, 0.15) is 0 Å². The van der Waals surface area contributed by atoms with Crippen LogP contribution in [0.4, 0.5) is 8.78 Å². The van der Waals surface area contributed by atoms with E-state index < -0.39 is 11.6 Å². The molecule has 0 aromatic heterocycles. The van der Waals surface area contributed by atoms with Crippen molar-refractivity contribution in [2.75, 3.05) is 12.3 Å². The van der Waals surface area contributed by atoms with Gasteiger partial charge in [-0.1, -0.05) is 12.1 Å². The van der Waals surface area contributed by atoms with Crippen LogP contribution < -0.4 is 0 Å². The lowest BCUT2D eigenvalue weighted by atomic mass is 10.2. The average Bonchev–Trinajstić information content (AvgIpc) is 2.32. The Balaban J connectivity index is 2.10. The number of benzene rings is 1. The lowest BCUT2D eigenvalue weighted by Crippen LogP contribution is -2.00. The van der Waals surface area contributed by atoms with Crippen LogP contribution in [0.1, 0.15) is 12.0 Å². The maximum absolute atomic E-state index is 12.9. The second-order valence-corrected chi connectivity index (χ2v) is 4.54. The first kappa shape index (κ1) is 11.3. The van der Waals surface area contributed by atoms with Crippen molar-refractivity contribution in [2.24, 2.45) is 4.99 Å². The molecule has 1 aliphatic heterocycles. The number of aliphatic imine (C=N–C) groups is 1. The van der Waals surface area contributed by atoms with Crippen LogP contribution in [0.3, 0.4) is 0 Å². The summed E-state index contributed by atoms with van der Waals surface area (Å²) in [6.07, 6.45) is 4.70. The van der Waals surface area contributed by atoms with E-state index in [4.69, 9.17) is 0 Å². The highest BCUT2D eigenvalue weighted by Crippen LogP contribution is 2.15. The van der Waals surface area contributed by atoms with Crippen molar-refractivity contribution < 1.29 is 8.78 Å². The number of halogens is 2. The van der Waals surface area contributed by atoms with E-state index in [1.165, 1.54) is 6.07 Å². The van der Waals surface area contributed by atoms with E-state index in [0.29, 0.717) is 5.56 Å². The maximum atomic E-state index is 12.9. The molecule has 2 rings (SSSR count). The van der Waals surface area contributed by atoms with Crippen molar-refractivity contribution in [1.82, 2.24) is 0 Å². The number of nitrogens with zero attached hydrogens (tertiary/aromatic N) is 1. The number of rotatable bonds is 2. The summed E-state index contributed by atoms with van der Waals surface area (Å²) < 4.78 is 25.6. The molecular weight excluding hydrogens is 228 g/mol. The fourth-order valence-electron chi connectivity index (χ4n) is 1.36. The molecule has 1 heterocycles. The number of hydrogen-bond donors (Lipinski definition) is 0. The summed E-state index contributed by atoms with van der Waals surface area (Å²) in [5.41, 5.74) is 0.646. The minimum atomic E-state index is -0.819. The van der Waals surface area contributed by atoms with Crippen LogP contribution in [0.5, 0.6) is 0 Å². The van der Waals surface area contributed by atoms with Gasteiger partial charge in [-0.15, -0.1) is 11.8 Å². The van der Waals surface area contributed by atoms with E-state index in [-0.39, 0.29) is 0 Å². The average molecular weight is 239 g/mol. The first-order valence-corrected chi connectivity index (χ1v) is 6.04. The predicted octanol–water partition coefficient (Wildman–Crippen LogP) is 3.51. The van der Waals surface area contributed by atoms with Gasteiger partial charge in [0.25, 0.3) is 0 Å². The van der Waals surface area contributed by atoms with Crippen LogP contribution in [0.2, 0.25) is 0 Å². The van der Waals surface area contributed by atoms with Gasteiger partial charge in [0.15, 0.2) is 11.6 Å². The Bertz CT molecular complexity index is 441. The minimum Gasteiger partial charge on any atom is -0.278 e. The summed E-state index contributed by atoms with van der Waals surface area (Å²) >= 11 is 1.69. The van der Waals surface area contributed by atoms with Crippen molar-refractivity contribution in [3.8, 4) is 0 Å². The molecule has 1 nitrogen and oxygen atoms in total. The van der Waals surface area contributed by atoms with Crippen LogP contribution in [0.25, 0.3) is 6.08 Å². The van der Waals surface area contributed by atoms with Crippen LogP contribution >= 0.6 is 11.8 Å². The minimum absolute atomic E-state index is 0.646. The summed E-state index contributed by atoms with van der Waals surface area (Å²) in [5, 5.41) is 0.955. The molecule has 4 heteroatoms. The first-order valence-electron chi connectivity index (χ1n) is 5.06. The quantitative estimate of drug-likeness (QED) is 0.769. The molecule has 1 aromatic carbocycles. The first-order chi connectivity index (χ1) is 7.75. The van der Waals surface area contributed by atoms with E-state index in [0.717, 1.165) is 29.8 Å². The summed E-state index contributed by atoms with van der Waals surface area (Å²) in [6.45, 7) is 0.852. The zero-order valence-electron chi connectivity index (χ0n) is 8.62. The lowest BCUT2D eigenvalue weighted by molar-refractivity contribution is 0.508. The largest absolute Gasteiger partial charge is 0.278 e. The molecule has 1 aliphatic rings. The standard InChI is InChI=1S/C12H11F2NS/c13-10-4-2-9(8-11(10)14)3-5-12-15-6-1-7-16-12/h2-5,8H,1,6-7H2/b5-3+. The monoisotopic (exact) mass is 239 g/mol. The highest BCUT2D eigenvalue weighted by atomic mass is 32.2. The van der Waals surface area contributed by atoms with Crippen LogP contribution in [-0.2, 0) is 0 Å². The van der Waals surface area contributed by atoms with Gasteiger partial charge in [0.2, 0.25) is 0 Å². The molecule has 0 N–H and O–H groups in total. The van der Waals surface area contributed by atoms with Gasteiger partial charge in [0, 0.05) is 12.3 Å². The Labute approximate surface area is 97.3 Å². The SMILES string of the molecule is Fc1ccc(/C=C/C2=NCCCS2)cc1F. The molecule has 0 fully saturated rings. The Hall–Kier alpha value is -1.16. The smallest absolute Gasteiger partial charge is 0.159 e. The molecule has 0 saturated heterocycles. The second kappa shape index (κ2) is 5.25. The third kappa shape index (κ3) is 2.92. The van der Waals surface area contributed by atoms with Gasteiger partial charge >= 0.3 is 0 Å². The lowest BCUT2D eigenvalue weighted by Gasteiger charge is -2.06. The van der Waals surface area contributed by atoms with E-state index in [9.17, 15) is 8.78 Å². The molecule has 0 bridgehead atoms. The topological polar surface area (TPSA) is 12.4 Å². The third-order valence-electron chi connectivity index (χ3n) is 2.18. The molecular formula is C12H11F2NS. The molecule has 16 heavy (non-hydrogen) atoms. The van der Waals surface area contributed by atoms with Crippen molar-refractivity contribution in [1.29, 1.82) is 0 Å². The summed E-state index contributed by atoms with van der Waals surface area (Å²) in [7, 11) is 0. The zero-order chi connectivity index (χ0) is 11.4. The van der Waals surface area contributed by atoms with E-state index in [1.807, 2.05) is 6.08 Å². The molecule has 84 valence electrons. The Morgan fingerprint density at radius 3 is 2.75 bits per heavy atom. The van der Waals surface area contributed by atoms with Crippen LogP contribution in [0, 0.1) is 11.6 Å². The zero-order valence-corrected chi connectivity index (χ0v) is 9.44. The van der Waals surface area contributed by atoms with E-state index >= 15 is 0 Å². The molecule has 1 aromatic rings. The number of hydrogen-bond acceptors (Lipinski definition) is 2. The van der Waals surface area contributed by atoms with Crippen molar-refractivity contribution in [3.63, 3.8) is 0 Å². The van der Waals surface area contributed by atoms with Crippen LogP contribution in [0.15, 0.2) is 29.3 Å². The highest BCUT2D eigenvalue weighted by molar-refractivity contribution is 8.14. The van der Waals surface area contributed by atoms with Gasteiger partial charge in [-0.05, 0) is 30.2 Å². The molecule has 0 aliphatic carbocycles. The second-order valence-electron chi connectivity index (χ2n) is 3.43. The molecule has 0 spiro atoms. The molecule has 0 atom stereocenters. The molecule has 0 saturated carbocycles. The molecule has 0 unspecified atom stereocenters. The Morgan fingerprint density at radius 2 is 2.06 bits per heavy atom. The predicted molar refractivity (Wildman–Crippen MR) is 64.8 cm³/mol. The van der Waals surface area contributed by atoms with Crippen molar-refractivity contribution >= 4 is 22.9 Å². The number of thioether (sulfide) groups is 1. The molecule has 0 amide bonds. The van der Waals surface area contributed by atoms with Crippen LogP contribution in [-0.4, -0.2) is 17.3 Å². The Kier molecular flexibility index (Phi) is 3.72. The van der Waals surface area contributed by atoms with Crippen molar-refractivity contribution in [2.45, 2.75) is 6.42 Å². The maximum Gasteiger partial charge on any atom is 0.159 e. The highest BCUT2D eigenvalue weighted by Gasteiger charge is 2.03. The van der Waals surface area contributed by atoms with Gasteiger partial charge in [0.05, 0.1) is 5.04 Å². The summed E-state index contributed by atoms with van der Waals surface area (Å²) in [6, 6.07) is 3.85. The van der Waals surface area contributed by atoms with E-state index in [2.05, 4.69) is 4.99 Å².